The number of fused-ring (bicyclic) bond motifs is 1. The van der Waals surface area contributed by atoms with Crippen LogP contribution < -0.4 is 5.32 Å². The highest BCUT2D eigenvalue weighted by Crippen LogP contribution is 2.20. The highest BCUT2D eigenvalue weighted by atomic mass is 16.1. The minimum absolute atomic E-state index is 0.186. The molecule has 7 heteroatoms. The van der Waals surface area contributed by atoms with Crippen molar-refractivity contribution in [3.63, 3.8) is 0 Å². The monoisotopic (exact) mass is 346 g/mol. The van der Waals surface area contributed by atoms with E-state index in [1.807, 2.05) is 41.2 Å². The zero-order chi connectivity index (χ0) is 18.1. The Balaban J connectivity index is 1.58. The maximum Gasteiger partial charge on any atom is 0.255 e. The van der Waals surface area contributed by atoms with E-state index in [1.54, 1.807) is 23.1 Å². The first-order valence-electron chi connectivity index (χ1n) is 8.35. The largest absolute Gasteiger partial charge is 0.322 e. The van der Waals surface area contributed by atoms with Gasteiger partial charge in [0.05, 0.1) is 11.2 Å². The van der Waals surface area contributed by atoms with Crippen molar-refractivity contribution in [2.75, 3.05) is 5.32 Å². The number of carbonyl (C=O) groups is 1. The lowest BCUT2D eigenvalue weighted by molar-refractivity contribution is 0.102. The highest BCUT2D eigenvalue weighted by Gasteiger charge is 2.10. The molecule has 0 bridgehead atoms. The molecular formula is C19H18N6O. The normalized spacial score (nSPS) is 11.2. The van der Waals surface area contributed by atoms with E-state index in [0.717, 1.165) is 16.6 Å². The van der Waals surface area contributed by atoms with Crippen LogP contribution in [0.4, 0.5) is 5.69 Å². The standard InChI is InChI=1S/C19H18N6O/c1-13(2)24-10-15-6-7-16(9-18(15)23-24)22-19(26)14-4-3-5-17(8-14)25-12-20-11-21-25/h3-13H,1-2H3,(H,22,26). The van der Waals surface area contributed by atoms with Crippen LogP contribution in [-0.4, -0.2) is 30.5 Å². The zero-order valence-electron chi connectivity index (χ0n) is 14.5. The predicted octanol–water partition coefficient (Wildman–Crippen LogP) is 3.45. The number of anilines is 1. The van der Waals surface area contributed by atoms with E-state index in [0.29, 0.717) is 17.3 Å². The fourth-order valence-corrected chi connectivity index (χ4v) is 2.71. The van der Waals surface area contributed by atoms with E-state index in [-0.39, 0.29) is 5.91 Å². The van der Waals surface area contributed by atoms with Gasteiger partial charge in [-0.2, -0.15) is 10.2 Å². The number of aromatic nitrogens is 5. The Morgan fingerprint density at radius 2 is 2.04 bits per heavy atom. The Bertz CT molecular complexity index is 1060. The van der Waals surface area contributed by atoms with Crippen LogP contribution in [0.2, 0.25) is 0 Å². The second-order valence-corrected chi connectivity index (χ2v) is 6.32. The van der Waals surface area contributed by atoms with Crippen LogP contribution in [0.25, 0.3) is 16.6 Å². The molecule has 0 spiro atoms. The molecule has 0 saturated carbocycles. The van der Waals surface area contributed by atoms with Crippen LogP contribution >= 0.6 is 0 Å². The topological polar surface area (TPSA) is 77.6 Å². The van der Waals surface area contributed by atoms with Crippen LogP contribution in [0.3, 0.4) is 0 Å². The van der Waals surface area contributed by atoms with E-state index in [1.165, 1.54) is 6.33 Å². The summed E-state index contributed by atoms with van der Waals surface area (Å²) in [7, 11) is 0. The fraction of sp³-hybridized carbons (Fsp3) is 0.158. The van der Waals surface area contributed by atoms with Crippen molar-refractivity contribution >= 4 is 22.5 Å². The van der Waals surface area contributed by atoms with Gasteiger partial charge < -0.3 is 5.32 Å². The maximum atomic E-state index is 12.6. The molecule has 26 heavy (non-hydrogen) atoms. The third-order valence-electron chi connectivity index (χ3n) is 4.10. The van der Waals surface area contributed by atoms with Crippen LogP contribution in [0.15, 0.2) is 61.3 Å². The molecule has 0 aliphatic carbocycles. The van der Waals surface area contributed by atoms with E-state index in [4.69, 9.17) is 0 Å². The second kappa shape index (κ2) is 6.44. The molecule has 1 amide bonds. The Kier molecular flexibility index (Phi) is 3.96. The van der Waals surface area contributed by atoms with Gasteiger partial charge in [-0.3, -0.25) is 9.48 Å². The molecule has 0 saturated heterocycles. The fourth-order valence-electron chi connectivity index (χ4n) is 2.71. The molecular weight excluding hydrogens is 328 g/mol. The van der Waals surface area contributed by atoms with Gasteiger partial charge in [-0.15, -0.1) is 0 Å². The highest BCUT2D eigenvalue weighted by molar-refractivity contribution is 6.05. The Morgan fingerprint density at radius 3 is 2.81 bits per heavy atom. The molecule has 7 nitrogen and oxygen atoms in total. The first-order chi connectivity index (χ1) is 12.6. The minimum Gasteiger partial charge on any atom is -0.322 e. The number of hydrogen-bond acceptors (Lipinski definition) is 4. The average molecular weight is 346 g/mol. The Hall–Kier alpha value is -3.48. The van der Waals surface area contributed by atoms with Gasteiger partial charge in [0, 0.05) is 28.9 Å². The lowest BCUT2D eigenvalue weighted by Crippen LogP contribution is -2.12. The van der Waals surface area contributed by atoms with Gasteiger partial charge in [-0.05, 0) is 50.2 Å². The average Bonchev–Trinajstić information content (AvgIpc) is 3.31. The van der Waals surface area contributed by atoms with Gasteiger partial charge in [-0.25, -0.2) is 9.67 Å². The summed E-state index contributed by atoms with van der Waals surface area (Å²) in [5, 5.41) is 12.6. The molecule has 4 aromatic rings. The number of nitrogens with one attached hydrogen (secondary N) is 1. The number of hydrogen-bond donors (Lipinski definition) is 1. The summed E-state index contributed by atoms with van der Waals surface area (Å²) in [5.74, 6) is -0.186. The number of rotatable bonds is 4. The zero-order valence-corrected chi connectivity index (χ0v) is 14.5. The first kappa shape index (κ1) is 16.0. The van der Waals surface area contributed by atoms with Gasteiger partial charge in [0.15, 0.2) is 0 Å². The number of carbonyl (C=O) groups excluding carboxylic acids is 1. The SMILES string of the molecule is CC(C)n1cc2ccc(NC(=O)c3cccc(-n4cncn4)c3)cc2n1. The van der Waals surface area contributed by atoms with E-state index >= 15 is 0 Å². The van der Waals surface area contributed by atoms with Crippen molar-refractivity contribution in [2.45, 2.75) is 19.9 Å². The van der Waals surface area contributed by atoms with E-state index in [9.17, 15) is 4.79 Å². The molecule has 0 aliphatic rings. The molecule has 2 heterocycles. The predicted molar refractivity (Wildman–Crippen MR) is 99.4 cm³/mol. The minimum atomic E-state index is -0.186. The smallest absolute Gasteiger partial charge is 0.255 e. The summed E-state index contributed by atoms with van der Waals surface area (Å²) in [6.45, 7) is 4.16. The van der Waals surface area contributed by atoms with Gasteiger partial charge in [0.2, 0.25) is 0 Å². The summed E-state index contributed by atoms with van der Waals surface area (Å²) in [6.07, 6.45) is 5.06. The van der Waals surface area contributed by atoms with Crippen LogP contribution in [-0.2, 0) is 0 Å². The van der Waals surface area contributed by atoms with Crippen molar-refractivity contribution in [3.8, 4) is 5.69 Å². The van der Waals surface area contributed by atoms with Crippen molar-refractivity contribution < 1.29 is 4.79 Å². The van der Waals surface area contributed by atoms with Crippen molar-refractivity contribution in [1.82, 2.24) is 24.5 Å². The molecule has 2 aromatic carbocycles. The second-order valence-electron chi connectivity index (χ2n) is 6.32. The summed E-state index contributed by atoms with van der Waals surface area (Å²) in [6, 6.07) is 13.2. The van der Waals surface area contributed by atoms with Gasteiger partial charge >= 0.3 is 0 Å². The molecule has 1 N–H and O–H groups in total. The lowest BCUT2D eigenvalue weighted by Gasteiger charge is -2.07. The number of benzene rings is 2. The van der Waals surface area contributed by atoms with Gasteiger partial charge in [-0.1, -0.05) is 6.07 Å². The quantitative estimate of drug-likeness (QED) is 0.614. The summed E-state index contributed by atoms with van der Waals surface area (Å²) < 4.78 is 3.53. The molecule has 0 aliphatic heterocycles. The Labute approximate surface area is 150 Å². The summed E-state index contributed by atoms with van der Waals surface area (Å²) in [4.78, 5) is 16.5. The number of nitrogens with zero attached hydrogens (tertiary/aromatic N) is 5. The van der Waals surface area contributed by atoms with Crippen LogP contribution in [0.1, 0.15) is 30.2 Å². The molecule has 4 rings (SSSR count). The molecule has 0 radical (unpaired) electrons. The third-order valence-corrected chi connectivity index (χ3v) is 4.10. The summed E-state index contributed by atoms with van der Waals surface area (Å²) in [5.41, 5.74) is 2.89. The van der Waals surface area contributed by atoms with Crippen molar-refractivity contribution in [2.24, 2.45) is 0 Å². The molecule has 130 valence electrons. The molecule has 0 unspecified atom stereocenters. The number of amides is 1. The molecule has 2 aromatic heterocycles. The first-order valence-corrected chi connectivity index (χ1v) is 8.35. The van der Waals surface area contributed by atoms with E-state index < -0.39 is 0 Å². The third kappa shape index (κ3) is 3.06. The van der Waals surface area contributed by atoms with E-state index in [2.05, 4.69) is 34.3 Å². The van der Waals surface area contributed by atoms with Gasteiger partial charge in [0.1, 0.15) is 12.7 Å². The van der Waals surface area contributed by atoms with Gasteiger partial charge in [0.25, 0.3) is 5.91 Å². The van der Waals surface area contributed by atoms with Crippen LogP contribution in [0.5, 0.6) is 0 Å². The summed E-state index contributed by atoms with van der Waals surface area (Å²) >= 11 is 0. The maximum absolute atomic E-state index is 12.6. The molecule has 0 atom stereocenters. The van der Waals surface area contributed by atoms with Crippen molar-refractivity contribution in [1.29, 1.82) is 0 Å². The lowest BCUT2D eigenvalue weighted by atomic mass is 10.1. The van der Waals surface area contributed by atoms with Crippen LogP contribution in [0, 0.1) is 0 Å². The van der Waals surface area contributed by atoms with Crippen molar-refractivity contribution in [3.05, 3.63) is 66.9 Å². The Morgan fingerprint density at radius 1 is 1.15 bits per heavy atom. The molecule has 0 fully saturated rings.